The molecule has 1 aliphatic rings. The Morgan fingerprint density at radius 2 is 1.69 bits per heavy atom. The molecule has 16 heavy (non-hydrogen) atoms. The molecule has 0 fully saturated rings. The number of rotatable bonds is 0. The van der Waals surface area contributed by atoms with Crippen LogP contribution in [0.4, 0.5) is 0 Å². The van der Waals surface area contributed by atoms with Gasteiger partial charge in [-0.25, -0.2) is 0 Å². The smallest absolute Gasteiger partial charge is 0.0358 e. The number of fused-ring (bicyclic) bond motifs is 1. The zero-order valence-corrected chi connectivity index (χ0v) is 11.4. The van der Waals surface area contributed by atoms with E-state index in [4.69, 9.17) is 0 Å². The standard InChI is InChI=1S/C15H23N/c1-14(2,3)13-12-9-7-8-11(12)10-16(13)15(4,5)6/h7-8,10H,9H2,1-6H3. The van der Waals surface area contributed by atoms with Crippen LogP contribution in [0.2, 0.25) is 0 Å². The summed E-state index contributed by atoms with van der Waals surface area (Å²) in [7, 11) is 0. The molecule has 0 N–H and O–H groups in total. The Balaban J connectivity index is 2.66. The Hall–Kier alpha value is -0.980. The number of hydrogen-bond acceptors (Lipinski definition) is 0. The molecule has 0 radical (unpaired) electrons. The normalized spacial score (nSPS) is 15.6. The maximum absolute atomic E-state index is 2.46. The minimum Gasteiger partial charge on any atom is -0.345 e. The first-order valence-electron chi connectivity index (χ1n) is 6.13. The molecule has 0 aliphatic heterocycles. The molecule has 0 amide bonds. The fourth-order valence-corrected chi connectivity index (χ4v) is 2.57. The van der Waals surface area contributed by atoms with E-state index >= 15 is 0 Å². The van der Waals surface area contributed by atoms with Gasteiger partial charge in [-0.3, -0.25) is 0 Å². The van der Waals surface area contributed by atoms with E-state index in [9.17, 15) is 0 Å². The molecule has 0 unspecified atom stereocenters. The van der Waals surface area contributed by atoms with Crippen molar-refractivity contribution in [2.75, 3.05) is 0 Å². The van der Waals surface area contributed by atoms with Gasteiger partial charge in [0.25, 0.3) is 0 Å². The first-order valence-corrected chi connectivity index (χ1v) is 6.13. The Bertz CT molecular complexity index is 433. The molecule has 1 aliphatic carbocycles. The summed E-state index contributed by atoms with van der Waals surface area (Å²) in [5.74, 6) is 0. The predicted octanol–water partition coefficient (Wildman–Crippen LogP) is 4.11. The summed E-state index contributed by atoms with van der Waals surface area (Å²) in [4.78, 5) is 0. The topological polar surface area (TPSA) is 4.93 Å². The van der Waals surface area contributed by atoms with E-state index < -0.39 is 0 Å². The molecular formula is C15H23N. The molecule has 88 valence electrons. The van der Waals surface area contributed by atoms with Crippen molar-refractivity contribution in [1.29, 1.82) is 0 Å². The highest BCUT2D eigenvalue weighted by Gasteiger charge is 2.30. The summed E-state index contributed by atoms with van der Waals surface area (Å²) in [6, 6.07) is 0. The fourth-order valence-electron chi connectivity index (χ4n) is 2.57. The van der Waals surface area contributed by atoms with Crippen molar-refractivity contribution in [3.8, 4) is 0 Å². The van der Waals surface area contributed by atoms with E-state index in [0.29, 0.717) is 0 Å². The Labute approximate surface area is 99.2 Å². The lowest BCUT2D eigenvalue weighted by Gasteiger charge is -2.31. The van der Waals surface area contributed by atoms with E-state index in [-0.39, 0.29) is 11.0 Å². The van der Waals surface area contributed by atoms with Crippen LogP contribution >= 0.6 is 0 Å². The van der Waals surface area contributed by atoms with Gasteiger partial charge in [0.05, 0.1) is 0 Å². The van der Waals surface area contributed by atoms with Gasteiger partial charge in [-0.05, 0) is 38.3 Å². The van der Waals surface area contributed by atoms with Crippen LogP contribution < -0.4 is 0 Å². The number of allylic oxidation sites excluding steroid dienone is 1. The molecule has 2 rings (SSSR count). The van der Waals surface area contributed by atoms with Gasteiger partial charge >= 0.3 is 0 Å². The monoisotopic (exact) mass is 217 g/mol. The van der Waals surface area contributed by atoms with Gasteiger partial charge in [0, 0.05) is 22.8 Å². The van der Waals surface area contributed by atoms with Gasteiger partial charge in [0.1, 0.15) is 0 Å². The molecule has 0 bridgehead atoms. The van der Waals surface area contributed by atoms with Gasteiger partial charge < -0.3 is 4.57 Å². The van der Waals surface area contributed by atoms with Crippen molar-refractivity contribution in [3.05, 3.63) is 29.1 Å². The average Bonchev–Trinajstić information content (AvgIpc) is 2.53. The molecule has 0 spiro atoms. The first-order chi connectivity index (χ1) is 7.21. The van der Waals surface area contributed by atoms with Crippen LogP contribution in [0.3, 0.4) is 0 Å². The summed E-state index contributed by atoms with van der Waals surface area (Å²) in [6.07, 6.45) is 7.95. The maximum Gasteiger partial charge on any atom is 0.0358 e. The highest BCUT2D eigenvalue weighted by Crippen LogP contribution is 2.36. The second kappa shape index (κ2) is 3.26. The van der Waals surface area contributed by atoms with Crippen molar-refractivity contribution >= 4 is 6.08 Å². The lowest BCUT2D eigenvalue weighted by atomic mass is 9.87. The van der Waals surface area contributed by atoms with Crippen molar-refractivity contribution in [2.24, 2.45) is 0 Å². The molecule has 1 heterocycles. The highest BCUT2D eigenvalue weighted by atomic mass is 15.1. The zero-order chi connectivity index (χ0) is 12.1. The quantitative estimate of drug-likeness (QED) is 0.616. The lowest BCUT2D eigenvalue weighted by molar-refractivity contribution is 0.359. The molecule has 0 saturated carbocycles. The van der Waals surface area contributed by atoms with E-state index in [2.05, 4.69) is 64.5 Å². The largest absolute Gasteiger partial charge is 0.345 e. The van der Waals surface area contributed by atoms with Gasteiger partial charge in [0.2, 0.25) is 0 Å². The lowest BCUT2D eigenvalue weighted by Crippen LogP contribution is -2.29. The van der Waals surface area contributed by atoms with Gasteiger partial charge in [-0.15, -0.1) is 0 Å². The van der Waals surface area contributed by atoms with Crippen LogP contribution in [-0.2, 0) is 17.4 Å². The minimum atomic E-state index is 0.167. The van der Waals surface area contributed by atoms with Gasteiger partial charge in [-0.1, -0.05) is 32.9 Å². The molecule has 0 aromatic carbocycles. The van der Waals surface area contributed by atoms with Crippen LogP contribution in [0.15, 0.2) is 12.3 Å². The van der Waals surface area contributed by atoms with Crippen LogP contribution in [0.5, 0.6) is 0 Å². The summed E-state index contributed by atoms with van der Waals surface area (Å²) in [5, 5.41) is 0. The number of nitrogens with zero attached hydrogens (tertiary/aromatic N) is 1. The van der Waals surface area contributed by atoms with Gasteiger partial charge in [0.15, 0.2) is 0 Å². The first kappa shape index (κ1) is 11.5. The second-order valence-corrected chi connectivity index (χ2v) is 6.81. The Kier molecular flexibility index (Phi) is 2.34. The van der Waals surface area contributed by atoms with E-state index in [1.165, 1.54) is 16.8 Å². The van der Waals surface area contributed by atoms with E-state index in [0.717, 1.165) is 6.42 Å². The third-order valence-electron chi connectivity index (χ3n) is 3.20. The zero-order valence-electron chi connectivity index (χ0n) is 11.4. The molecule has 1 nitrogen and oxygen atoms in total. The van der Waals surface area contributed by atoms with Gasteiger partial charge in [-0.2, -0.15) is 0 Å². The molecule has 1 heteroatoms. The molecule has 0 atom stereocenters. The van der Waals surface area contributed by atoms with Crippen LogP contribution in [-0.4, -0.2) is 4.57 Å². The third kappa shape index (κ3) is 1.73. The van der Waals surface area contributed by atoms with Crippen molar-refractivity contribution in [3.63, 3.8) is 0 Å². The van der Waals surface area contributed by atoms with E-state index in [1.807, 2.05) is 0 Å². The Morgan fingerprint density at radius 1 is 1.06 bits per heavy atom. The predicted molar refractivity (Wildman–Crippen MR) is 70.9 cm³/mol. The summed E-state index contributed by atoms with van der Waals surface area (Å²) < 4.78 is 2.46. The molecule has 0 saturated heterocycles. The highest BCUT2D eigenvalue weighted by molar-refractivity contribution is 5.62. The average molecular weight is 217 g/mol. The van der Waals surface area contributed by atoms with Crippen LogP contribution in [0, 0.1) is 0 Å². The number of aromatic nitrogens is 1. The van der Waals surface area contributed by atoms with Crippen molar-refractivity contribution in [2.45, 2.75) is 58.9 Å². The van der Waals surface area contributed by atoms with E-state index in [1.54, 1.807) is 0 Å². The van der Waals surface area contributed by atoms with Crippen molar-refractivity contribution < 1.29 is 0 Å². The van der Waals surface area contributed by atoms with Crippen LogP contribution in [0.25, 0.3) is 6.08 Å². The molecule has 1 aromatic heterocycles. The fraction of sp³-hybridized carbons (Fsp3) is 0.600. The maximum atomic E-state index is 2.46. The SMILES string of the molecule is CC(C)(C)c1c2c(cn1C(C)(C)C)C=CC2. The van der Waals surface area contributed by atoms with Crippen LogP contribution in [0.1, 0.15) is 58.4 Å². The number of hydrogen-bond donors (Lipinski definition) is 0. The third-order valence-corrected chi connectivity index (χ3v) is 3.20. The second-order valence-electron chi connectivity index (χ2n) is 6.81. The molecular weight excluding hydrogens is 194 g/mol. The summed E-state index contributed by atoms with van der Waals surface area (Å²) in [6.45, 7) is 13.8. The minimum absolute atomic E-state index is 0.167. The molecule has 1 aromatic rings. The summed E-state index contributed by atoms with van der Waals surface area (Å²) in [5.41, 5.74) is 4.83. The van der Waals surface area contributed by atoms with Crippen molar-refractivity contribution in [1.82, 2.24) is 4.57 Å². The summed E-state index contributed by atoms with van der Waals surface area (Å²) >= 11 is 0. The Morgan fingerprint density at radius 3 is 2.19 bits per heavy atom.